The van der Waals surface area contributed by atoms with Gasteiger partial charge in [-0.15, -0.1) is 0 Å². The number of carbonyl (C=O) groups excluding carboxylic acids is 1. The van der Waals surface area contributed by atoms with Gasteiger partial charge in [-0.05, 0) is 34.7 Å². The molecule has 0 unspecified atom stereocenters. The second kappa shape index (κ2) is 5.91. The van der Waals surface area contributed by atoms with E-state index >= 15 is 0 Å². The van der Waals surface area contributed by atoms with Gasteiger partial charge in [0.05, 0.1) is 22.6 Å². The lowest BCUT2D eigenvalue weighted by Crippen LogP contribution is -2.19. The Balaban J connectivity index is 2.06. The number of halogens is 1. The van der Waals surface area contributed by atoms with E-state index in [2.05, 4.69) is 33.0 Å². The van der Waals surface area contributed by atoms with Gasteiger partial charge in [0.15, 0.2) is 0 Å². The lowest BCUT2D eigenvalue weighted by Gasteiger charge is -2.10. The summed E-state index contributed by atoms with van der Waals surface area (Å²) in [6.45, 7) is 0.149. The van der Waals surface area contributed by atoms with Gasteiger partial charge in [-0.1, -0.05) is 0 Å². The molecule has 1 amide bonds. The standard InChI is InChI=1S/C12H13IN4O2/c1-19-11-4-9(14)2-3-10(11)16-12(18)7-17-6-8(13)5-15-17/h2-6H,7,14H2,1H3,(H,16,18). The molecular weight excluding hydrogens is 359 g/mol. The second-order valence-corrected chi connectivity index (χ2v) is 5.11. The largest absolute Gasteiger partial charge is 0.494 e. The van der Waals surface area contributed by atoms with E-state index < -0.39 is 0 Å². The first-order chi connectivity index (χ1) is 9.08. The third-order valence-electron chi connectivity index (χ3n) is 2.41. The van der Waals surface area contributed by atoms with E-state index in [1.807, 2.05) is 0 Å². The van der Waals surface area contributed by atoms with Crippen molar-refractivity contribution in [1.29, 1.82) is 0 Å². The van der Waals surface area contributed by atoms with Crippen LogP contribution in [0.15, 0.2) is 30.6 Å². The van der Waals surface area contributed by atoms with E-state index in [0.29, 0.717) is 17.1 Å². The number of ether oxygens (including phenoxy) is 1. The molecule has 19 heavy (non-hydrogen) atoms. The van der Waals surface area contributed by atoms with Crippen molar-refractivity contribution < 1.29 is 9.53 Å². The van der Waals surface area contributed by atoms with Gasteiger partial charge in [-0.25, -0.2) is 0 Å². The summed E-state index contributed by atoms with van der Waals surface area (Å²) in [5.74, 6) is 0.353. The van der Waals surface area contributed by atoms with E-state index in [1.165, 1.54) is 7.11 Å². The Kier molecular flexibility index (Phi) is 4.25. The number of nitrogen functional groups attached to an aromatic ring is 1. The summed E-state index contributed by atoms with van der Waals surface area (Å²) in [4.78, 5) is 11.9. The number of carbonyl (C=O) groups is 1. The van der Waals surface area contributed by atoms with Crippen molar-refractivity contribution >= 4 is 39.9 Å². The Labute approximate surface area is 124 Å². The van der Waals surface area contributed by atoms with E-state index in [4.69, 9.17) is 10.5 Å². The van der Waals surface area contributed by atoms with Crippen LogP contribution in [0.2, 0.25) is 0 Å². The number of methoxy groups -OCH3 is 1. The summed E-state index contributed by atoms with van der Waals surface area (Å²) in [6.07, 6.45) is 3.48. The van der Waals surface area contributed by atoms with Crippen LogP contribution in [0.4, 0.5) is 11.4 Å². The van der Waals surface area contributed by atoms with Crippen LogP contribution in [0.3, 0.4) is 0 Å². The lowest BCUT2D eigenvalue weighted by molar-refractivity contribution is -0.116. The smallest absolute Gasteiger partial charge is 0.246 e. The number of benzene rings is 1. The van der Waals surface area contributed by atoms with Gasteiger partial charge in [0.25, 0.3) is 0 Å². The maximum atomic E-state index is 11.9. The number of anilines is 2. The summed E-state index contributed by atoms with van der Waals surface area (Å²) < 4.78 is 7.72. The fourth-order valence-electron chi connectivity index (χ4n) is 1.57. The molecule has 2 aromatic rings. The first kappa shape index (κ1) is 13.7. The average molecular weight is 372 g/mol. The van der Waals surface area contributed by atoms with Gasteiger partial charge in [0, 0.05) is 18.0 Å². The Morgan fingerprint density at radius 3 is 3.00 bits per heavy atom. The maximum Gasteiger partial charge on any atom is 0.246 e. The van der Waals surface area contributed by atoms with Crippen LogP contribution in [0, 0.1) is 3.57 Å². The molecule has 0 saturated heterocycles. The van der Waals surface area contributed by atoms with Gasteiger partial charge in [0.2, 0.25) is 5.91 Å². The summed E-state index contributed by atoms with van der Waals surface area (Å²) in [6, 6.07) is 5.07. The molecule has 0 fully saturated rings. The normalized spacial score (nSPS) is 10.2. The van der Waals surface area contributed by atoms with Crippen LogP contribution in [0.1, 0.15) is 0 Å². The number of rotatable bonds is 4. The Hall–Kier alpha value is -1.77. The molecule has 1 aromatic heterocycles. The molecule has 1 aromatic carbocycles. The topological polar surface area (TPSA) is 82.2 Å². The molecule has 0 spiro atoms. The van der Waals surface area contributed by atoms with Crippen LogP contribution >= 0.6 is 22.6 Å². The van der Waals surface area contributed by atoms with Gasteiger partial charge < -0.3 is 15.8 Å². The van der Waals surface area contributed by atoms with Gasteiger partial charge in [-0.3, -0.25) is 9.48 Å². The van der Waals surface area contributed by atoms with Crippen molar-refractivity contribution in [3.63, 3.8) is 0 Å². The highest BCUT2D eigenvalue weighted by molar-refractivity contribution is 14.1. The van der Waals surface area contributed by atoms with Crippen molar-refractivity contribution in [2.24, 2.45) is 0 Å². The van der Waals surface area contributed by atoms with E-state index in [0.717, 1.165) is 3.57 Å². The molecule has 0 aliphatic carbocycles. The molecule has 100 valence electrons. The molecule has 0 aliphatic rings. The zero-order valence-electron chi connectivity index (χ0n) is 10.3. The highest BCUT2D eigenvalue weighted by Gasteiger charge is 2.09. The highest BCUT2D eigenvalue weighted by atomic mass is 127. The summed E-state index contributed by atoms with van der Waals surface area (Å²) >= 11 is 2.14. The van der Waals surface area contributed by atoms with Gasteiger partial charge in [0.1, 0.15) is 12.3 Å². The quantitative estimate of drug-likeness (QED) is 0.633. The summed E-state index contributed by atoms with van der Waals surface area (Å²) in [7, 11) is 1.53. The van der Waals surface area contributed by atoms with Crippen LogP contribution < -0.4 is 15.8 Å². The minimum absolute atomic E-state index is 0.149. The molecule has 0 bridgehead atoms. The van der Waals surface area contributed by atoms with E-state index in [-0.39, 0.29) is 12.5 Å². The zero-order valence-corrected chi connectivity index (χ0v) is 12.4. The van der Waals surface area contributed by atoms with E-state index in [1.54, 1.807) is 35.3 Å². The van der Waals surface area contributed by atoms with Gasteiger partial charge in [-0.2, -0.15) is 5.10 Å². The zero-order chi connectivity index (χ0) is 13.8. The van der Waals surface area contributed by atoms with Crippen molar-refractivity contribution in [3.05, 3.63) is 34.2 Å². The summed E-state index contributed by atoms with van der Waals surface area (Å²) in [5, 5.41) is 6.81. The van der Waals surface area contributed by atoms with Crippen molar-refractivity contribution in [3.8, 4) is 5.75 Å². The molecule has 0 radical (unpaired) electrons. The van der Waals surface area contributed by atoms with Crippen molar-refractivity contribution in [2.75, 3.05) is 18.2 Å². The fourth-order valence-corrected chi connectivity index (χ4v) is 2.02. The summed E-state index contributed by atoms with van der Waals surface area (Å²) in [5.41, 5.74) is 6.82. The van der Waals surface area contributed by atoms with Crippen LogP contribution in [0.25, 0.3) is 0 Å². The molecule has 0 saturated carbocycles. The monoisotopic (exact) mass is 372 g/mol. The predicted molar refractivity (Wildman–Crippen MR) is 81.0 cm³/mol. The number of nitrogens with one attached hydrogen (secondary N) is 1. The molecule has 2 rings (SSSR count). The molecule has 0 aliphatic heterocycles. The first-order valence-electron chi connectivity index (χ1n) is 5.50. The number of nitrogens with zero attached hydrogens (tertiary/aromatic N) is 2. The van der Waals surface area contributed by atoms with Crippen LogP contribution in [-0.4, -0.2) is 22.8 Å². The number of hydrogen-bond donors (Lipinski definition) is 2. The number of aromatic nitrogens is 2. The molecular formula is C12H13IN4O2. The Morgan fingerprint density at radius 2 is 2.37 bits per heavy atom. The molecule has 7 heteroatoms. The molecule has 6 nitrogen and oxygen atoms in total. The SMILES string of the molecule is COc1cc(N)ccc1NC(=O)Cn1cc(I)cn1. The van der Waals surface area contributed by atoms with Crippen LogP contribution in [-0.2, 0) is 11.3 Å². The lowest BCUT2D eigenvalue weighted by atomic mass is 10.2. The fraction of sp³-hybridized carbons (Fsp3) is 0.167. The number of nitrogens with two attached hydrogens (primary N) is 1. The molecule has 0 atom stereocenters. The maximum absolute atomic E-state index is 11.9. The average Bonchev–Trinajstić information content (AvgIpc) is 2.76. The second-order valence-electron chi connectivity index (χ2n) is 3.86. The molecule has 1 heterocycles. The highest BCUT2D eigenvalue weighted by Crippen LogP contribution is 2.26. The van der Waals surface area contributed by atoms with Gasteiger partial charge >= 0.3 is 0 Å². The third-order valence-corrected chi connectivity index (χ3v) is 2.96. The van der Waals surface area contributed by atoms with Crippen molar-refractivity contribution in [1.82, 2.24) is 9.78 Å². The Morgan fingerprint density at radius 1 is 1.58 bits per heavy atom. The molecule has 3 N–H and O–H groups in total. The minimum Gasteiger partial charge on any atom is -0.494 e. The Bertz CT molecular complexity index is 597. The van der Waals surface area contributed by atoms with Crippen LogP contribution in [0.5, 0.6) is 5.75 Å². The number of hydrogen-bond acceptors (Lipinski definition) is 4. The minimum atomic E-state index is -0.178. The van der Waals surface area contributed by atoms with Crippen molar-refractivity contribution in [2.45, 2.75) is 6.54 Å². The van der Waals surface area contributed by atoms with E-state index in [9.17, 15) is 4.79 Å². The third kappa shape index (κ3) is 3.60. The number of amides is 1. The first-order valence-corrected chi connectivity index (χ1v) is 6.57. The predicted octanol–water partition coefficient (Wildman–Crippen LogP) is 1.72.